The van der Waals surface area contributed by atoms with Gasteiger partial charge in [-0.05, 0) is 12.8 Å². The number of carbonyl (C=O) groups is 2. The Hall–Kier alpha value is -1.26. The largest absolute Gasteiger partial charge is 0.467 e. The Morgan fingerprint density at radius 1 is 1.55 bits per heavy atom. The first-order valence-electron chi connectivity index (χ1n) is 3.20. The number of hydrogen-bond donors (Lipinski definition) is 2. The molecule has 0 radical (unpaired) electrons. The van der Waals surface area contributed by atoms with E-state index in [2.05, 4.69) is 10.1 Å². The summed E-state index contributed by atoms with van der Waals surface area (Å²) in [5.41, 5.74) is -0.930. The third-order valence-electron chi connectivity index (χ3n) is 1.67. The van der Waals surface area contributed by atoms with Crippen molar-refractivity contribution in [2.45, 2.75) is 18.4 Å². The fraction of sp³-hybridized carbons (Fsp3) is 0.667. The summed E-state index contributed by atoms with van der Waals surface area (Å²) in [7, 11) is 1.24. The molecule has 1 amide bonds. The molecule has 0 aromatic carbocycles. The lowest BCUT2D eigenvalue weighted by molar-refractivity contribution is -0.144. The molecule has 62 valence electrons. The zero-order valence-corrected chi connectivity index (χ0v) is 6.09. The number of methoxy groups -OCH3 is 1. The molecule has 1 fully saturated rings. The first-order chi connectivity index (χ1) is 5.10. The summed E-state index contributed by atoms with van der Waals surface area (Å²) in [6.45, 7) is 0. The van der Waals surface area contributed by atoms with E-state index in [-0.39, 0.29) is 0 Å². The topological polar surface area (TPSA) is 75.6 Å². The van der Waals surface area contributed by atoms with Crippen LogP contribution in [0, 0.1) is 0 Å². The third kappa shape index (κ3) is 1.42. The first-order valence-corrected chi connectivity index (χ1v) is 3.20. The molecule has 11 heavy (non-hydrogen) atoms. The molecule has 0 aromatic heterocycles. The Balaban J connectivity index is 2.53. The molecular formula is C6H9NO4. The number of carboxylic acid groups (broad SMARTS) is 1. The van der Waals surface area contributed by atoms with E-state index in [1.807, 2.05) is 0 Å². The van der Waals surface area contributed by atoms with Crippen molar-refractivity contribution in [1.82, 2.24) is 5.32 Å². The number of ether oxygens (including phenoxy) is 1. The van der Waals surface area contributed by atoms with Crippen LogP contribution >= 0.6 is 0 Å². The number of amides is 1. The Kier molecular flexibility index (Phi) is 1.72. The smallest absolute Gasteiger partial charge is 0.405 e. The lowest BCUT2D eigenvalue weighted by Gasteiger charge is -2.10. The van der Waals surface area contributed by atoms with E-state index >= 15 is 0 Å². The number of rotatable bonds is 2. The molecular weight excluding hydrogens is 150 g/mol. The van der Waals surface area contributed by atoms with Gasteiger partial charge in [0.1, 0.15) is 5.54 Å². The van der Waals surface area contributed by atoms with Gasteiger partial charge in [-0.2, -0.15) is 0 Å². The van der Waals surface area contributed by atoms with Gasteiger partial charge in [0.15, 0.2) is 0 Å². The standard InChI is InChI=1S/C6H9NO4/c1-11-4(8)6(2-3-6)7-5(9)10/h7H,2-3H2,1H3,(H,9,10). The maximum atomic E-state index is 10.9. The zero-order valence-electron chi connectivity index (χ0n) is 6.09. The van der Waals surface area contributed by atoms with E-state index in [0.717, 1.165) is 0 Å². The van der Waals surface area contributed by atoms with Gasteiger partial charge in [-0.3, -0.25) is 0 Å². The molecule has 1 rings (SSSR count). The highest BCUT2D eigenvalue weighted by Gasteiger charge is 2.52. The lowest BCUT2D eigenvalue weighted by atomic mass is 10.3. The van der Waals surface area contributed by atoms with Crippen LogP contribution in [-0.4, -0.2) is 29.8 Å². The number of carbonyl (C=O) groups excluding carboxylic acids is 1. The fourth-order valence-corrected chi connectivity index (χ4v) is 0.905. The van der Waals surface area contributed by atoms with Crippen molar-refractivity contribution in [3.8, 4) is 0 Å². The van der Waals surface area contributed by atoms with Crippen LogP contribution in [0.5, 0.6) is 0 Å². The molecule has 1 aliphatic rings. The van der Waals surface area contributed by atoms with Gasteiger partial charge in [0.25, 0.3) is 0 Å². The molecule has 5 heteroatoms. The van der Waals surface area contributed by atoms with Gasteiger partial charge < -0.3 is 15.2 Å². The SMILES string of the molecule is COC(=O)C1(NC(=O)O)CC1. The van der Waals surface area contributed by atoms with Crippen molar-refractivity contribution in [3.63, 3.8) is 0 Å². The van der Waals surface area contributed by atoms with E-state index in [1.165, 1.54) is 7.11 Å². The molecule has 0 heterocycles. The van der Waals surface area contributed by atoms with Crippen molar-refractivity contribution in [2.75, 3.05) is 7.11 Å². The molecule has 0 spiro atoms. The first kappa shape index (κ1) is 7.84. The van der Waals surface area contributed by atoms with Gasteiger partial charge in [-0.15, -0.1) is 0 Å². The summed E-state index contributed by atoms with van der Waals surface area (Å²) in [5.74, 6) is -0.500. The quantitative estimate of drug-likeness (QED) is 0.554. The van der Waals surface area contributed by atoms with E-state index < -0.39 is 17.6 Å². The van der Waals surface area contributed by atoms with Crippen molar-refractivity contribution in [2.24, 2.45) is 0 Å². The molecule has 0 saturated heterocycles. The Bertz CT molecular complexity index is 197. The molecule has 0 aliphatic heterocycles. The minimum Gasteiger partial charge on any atom is -0.467 e. The van der Waals surface area contributed by atoms with Crippen molar-refractivity contribution >= 4 is 12.1 Å². The molecule has 0 bridgehead atoms. The Labute approximate surface area is 63.3 Å². The van der Waals surface area contributed by atoms with Gasteiger partial charge in [0.2, 0.25) is 0 Å². The monoisotopic (exact) mass is 159 g/mol. The van der Waals surface area contributed by atoms with Crippen molar-refractivity contribution < 1.29 is 19.4 Å². The van der Waals surface area contributed by atoms with E-state index in [1.54, 1.807) is 0 Å². The van der Waals surface area contributed by atoms with Crippen LogP contribution in [0.15, 0.2) is 0 Å². The van der Waals surface area contributed by atoms with Gasteiger partial charge in [-0.25, -0.2) is 9.59 Å². The summed E-state index contributed by atoms with van der Waals surface area (Å²) in [6.07, 6.45) is -0.120. The van der Waals surface area contributed by atoms with Crippen LogP contribution in [0.2, 0.25) is 0 Å². The van der Waals surface area contributed by atoms with Gasteiger partial charge >= 0.3 is 12.1 Å². The average molecular weight is 159 g/mol. The minimum atomic E-state index is -1.19. The van der Waals surface area contributed by atoms with Crippen LogP contribution in [0.1, 0.15) is 12.8 Å². The zero-order chi connectivity index (χ0) is 8.48. The fourth-order valence-electron chi connectivity index (χ4n) is 0.905. The highest BCUT2D eigenvalue weighted by Crippen LogP contribution is 2.36. The number of nitrogens with one attached hydrogen (secondary N) is 1. The molecule has 1 aliphatic carbocycles. The second-order valence-electron chi connectivity index (χ2n) is 2.50. The minimum absolute atomic E-state index is 0.500. The highest BCUT2D eigenvalue weighted by atomic mass is 16.5. The van der Waals surface area contributed by atoms with E-state index in [4.69, 9.17) is 5.11 Å². The van der Waals surface area contributed by atoms with Gasteiger partial charge in [-0.1, -0.05) is 0 Å². The lowest BCUT2D eigenvalue weighted by Crippen LogP contribution is -2.43. The maximum absolute atomic E-state index is 10.9. The molecule has 2 N–H and O–H groups in total. The van der Waals surface area contributed by atoms with Crippen LogP contribution < -0.4 is 5.32 Å². The van der Waals surface area contributed by atoms with Gasteiger partial charge in [0, 0.05) is 0 Å². The second kappa shape index (κ2) is 2.41. The number of hydrogen-bond acceptors (Lipinski definition) is 3. The van der Waals surface area contributed by atoms with Crippen molar-refractivity contribution in [3.05, 3.63) is 0 Å². The Morgan fingerprint density at radius 3 is 2.36 bits per heavy atom. The van der Waals surface area contributed by atoms with E-state index in [0.29, 0.717) is 12.8 Å². The van der Waals surface area contributed by atoms with Crippen LogP contribution in [0.3, 0.4) is 0 Å². The van der Waals surface area contributed by atoms with Crippen LogP contribution in [0.25, 0.3) is 0 Å². The van der Waals surface area contributed by atoms with Gasteiger partial charge in [0.05, 0.1) is 7.11 Å². The normalized spacial score (nSPS) is 18.6. The summed E-state index contributed by atoms with van der Waals surface area (Å²) < 4.78 is 4.41. The predicted molar refractivity (Wildman–Crippen MR) is 35.1 cm³/mol. The highest BCUT2D eigenvalue weighted by molar-refractivity contribution is 5.88. The Morgan fingerprint density at radius 2 is 2.09 bits per heavy atom. The molecule has 0 unspecified atom stereocenters. The van der Waals surface area contributed by atoms with Crippen LogP contribution in [-0.2, 0) is 9.53 Å². The molecule has 1 saturated carbocycles. The third-order valence-corrected chi connectivity index (χ3v) is 1.67. The maximum Gasteiger partial charge on any atom is 0.405 e. The van der Waals surface area contributed by atoms with Crippen LogP contribution in [0.4, 0.5) is 4.79 Å². The average Bonchev–Trinajstić information content (AvgIpc) is 2.67. The molecule has 0 aromatic rings. The summed E-state index contributed by atoms with van der Waals surface area (Å²) >= 11 is 0. The van der Waals surface area contributed by atoms with E-state index in [9.17, 15) is 9.59 Å². The summed E-state index contributed by atoms with van der Waals surface area (Å²) in [6, 6.07) is 0. The van der Waals surface area contributed by atoms with Crippen molar-refractivity contribution in [1.29, 1.82) is 0 Å². The predicted octanol–water partition coefficient (Wildman–Crippen LogP) is -0.0404. The molecule has 0 atom stereocenters. The molecule has 5 nitrogen and oxygen atoms in total. The summed E-state index contributed by atoms with van der Waals surface area (Å²) in [4.78, 5) is 21.0. The summed E-state index contributed by atoms with van der Waals surface area (Å²) in [5, 5.41) is 10.4. The second-order valence-corrected chi connectivity index (χ2v) is 2.50. The number of esters is 1.